The maximum absolute atomic E-state index is 13.1. The molecule has 8 nitrogen and oxygen atoms in total. The van der Waals surface area contributed by atoms with E-state index in [4.69, 9.17) is 0 Å². The van der Waals surface area contributed by atoms with E-state index >= 15 is 0 Å². The van der Waals surface area contributed by atoms with Crippen molar-refractivity contribution < 1.29 is 8.42 Å². The van der Waals surface area contributed by atoms with Crippen molar-refractivity contribution >= 4 is 48.9 Å². The Hall–Kier alpha value is -3.08. The summed E-state index contributed by atoms with van der Waals surface area (Å²) in [5, 5.41) is 5.26. The van der Waals surface area contributed by atoms with Gasteiger partial charge in [-0.15, -0.1) is 11.3 Å². The van der Waals surface area contributed by atoms with Crippen LogP contribution in [0.2, 0.25) is 0 Å². The zero-order chi connectivity index (χ0) is 24.2. The van der Waals surface area contributed by atoms with Gasteiger partial charge in [-0.2, -0.15) is 5.10 Å². The van der Waals surface area contributed by atoms with Crippen LogP contribution in [0.5, 0.6) is 0 Å². The van der Waals surface area contributed by atoms with Gasteiger partial charge in [0, 0.05) is 54.6 Å². The predicted molar refractivity (Wildman–Crippen MR) is 139 cm³/mol. The molecule has 4 heterocycles. The summed E-state index contributed by atoms with van der Waals surface area (Å²) in [5.74, 6) is 0.926. The second-order valence-electron chi connectivity index (χ2n) is 9.30. The first-order valence-electron chi connectivity index (χ1n) is 11.7. The third-order valence-electron chi connectivity index (χ3n) is 6.73. The van der Waals surface area contributed by atoms with E-state index in [9.17, 15) is 8.42 Å². The van der Waals surface area contributed by atoms with Gasteiger partial charge in [0.1, 0.15) is 16.4 Å². The van der Waals surface area contributed by atoms with E-state index in [2.05, 4.69) is 30.8 Å². The molecule has 0 unspecified atom stereocenters. The minimum Gasteiger partial charge on any atom is -0.356 e. The second-order valence-corrected chi connectivity index (χ2v) is 12.3. The van der Waals surface area contributed by atoms with Crippen LogP contribution in [-0.4, -0.2) is 47.3 Å². The van der Waals surface area contributed by atoms with Crippen LogP contribution in [-0.2, 0) is 23.5 Å². The number of thiophene rings is 1. The molecule has 0 spiro atoms. The van der Waals surface area contributed by atoms with Crippen molar-refractivity contribution in [2.75, 3.05) is 18.0 Å². The molecule has 3 aromatic heterocycles. The maximum Gasteiger partial charge on any atom is 0.250 e. The molecular weight excluding hydrogens is 480 g/mol. The number of nitrogens with one attached hydrogen (secondary N) is 1. The Kier molecular flexibility index (Phi) is 5.46. The number of anilines is 1. The van der Waals surface area contributed by atoms with E-state index in [0.717, 1.165) is 70.6 Å². The monoisotopic (exact) mass is 506 g/mol. The number of hydrogen-bond acceptors (Lipinski definition) is 7. The number of piperidine rings is 1. The van der Waals surface area contributed by atoms with Gasteiger partial charge >= 0.3 is 0 Å². The fourth-order valence-electron chi connectivity index (χ4n) is 4.90. The highest BCUT2D eigenvalue weighted by Gasteiger charge is 2.29. The fraction of sp³-hybridized carbons (Fsp3) is 0.320. The average molecular weight is 507 g/mol. The summed E-state index contributed by atoms with van der Waals surface area (Å²) in [4.78, 5) is 11.4. The third-order valence-corrected chi connectivity index (χ3v) is 9.84. The van der Waals surface area contributed by atoms with Crippen LogP contribution in [0, 0.1) is 6.92 Å². The molecule has 0 bridgehead atoms. The summed E-state index contributed by atoms with van der Waals surface area (Å²) in [7, 11) is -1.64. The molecule has 10 heteroatoms. The molecule has 35 heavy (non-hydrogen) atoms. The lowest BCUT2D eigenvalue weighted by molar-refractivity contribution is 0.458. The van der Waals surface area contributed by atoms with Crippen LogP contribution in [0.25, 0.3) is 21.7 Å². The van der Waals surface area contributed by atoms with Crippen LogP contribution in [0.3, 0.4) is 0 Å². The Balaban J connectivity index is 1.16. The molecular formula is C25H26N6O2S2. The molecule has 0 radical (unpaired) electrons. The topological polar surface area (TPSA) is 93.0 Å². The summed E-state index contributed by atoms with van der Waals surface area (Å²) in [6, 6.07) is 7.70. The Bertz CT molecular complexity index is 1560. The molecule has 1 aliphatic heterocycles. The van der Waals surface area contributed by atoms with Gasteiger partial charge < -0.3 is 4.90 Å². The maximum atomic E-state index is 13.1. The van der Waals surface area contributed by atoms with E-state index in [1.165, 1.54) is 16.9 Å². The SMILES string of the molecule is Cc1ccc2sc(S(=O)(=O)NC3CCN(c4ncnc5c4C=C(c4cnn(C)c4)C5)CC3)cc2c1. The predicted octanol–water partition coefficient (Wildman–Crippen LogP) is 3.78. The first-order valence-corrected chi connectivity index (χ1v) is 14.0. The molecule has 180 valence electrons. The van der Waals surface area contributed by atoms with Gasteiger partial charge in [0.15, 0.2) is 0 Å². The first kappa shape index (κ1) is 22.4. The Morgan fingerprint density at radius 1 is 1.14 bits per heavy atom. The number of nitrogens with zero attached hydrogens (tertiary/aromatic N) is 5. The summed E-state index contributed by atoms with van der Waals surface area (Å²) < 4.78 is 32.3. The van der Waals surface area contributed by atoms with E-state index in [0.29, 0.717) is 4.21 Å². The molecule has 1 fully saturated rings. The fourth-order valence-corrected chi connectivity index (χ4v) is 7.60. The van der Waals surface area contributed by atoms with E-state index < -0.39 is 10.0 Å². The number of sulfonamides is 1. The van der Waals surface area contributed by atoms with Crippen molar-refractivity contribution in [3.8, 4) is 0 Å². The van der Waals surface area contributed by atoms with Gasteiger partial charge in [-0.25, -0.2) is 23.1 Å². The van der Waals surface area contributed by atoms with Gasteiger partial charge in [-0.1, -0.05) is 17.7 Å². The van der Waals surface area contributed by atoms with E-state index in [1.54, 1.807) is 17.1 Å². The highest BCUT2D eigenvalue weighted by atomic mass is 32.2. The Labute approximate surface area is 208 Å². The third kappa shape index (κ3) is 4.26. The van der Waals surface area contributed by atoms with Crippen LogP contribution in [0.4, 0.5) is 5.82 Å². The first-order chi connectivity index (χ1) is 16.9. The Morgan fingerprint density at radius 2 is 1.97 bits per heavy atom. The van der Waals surface area contributed by atoms with Crippen LogP contribution in [0.1, 0.15) is 35.2 Å². The van der Waals surface area contributed by atoms with Gasteiger partial charge in [0.2, 0.25) is 10.0 Å². The molecule has 2 aliphatic rings. The summed E-state index contributed by atoms with van der Waals surface area (Å²) in [6.45, 7) is 3.48. The smallest absolute Gasteiger partial charge is 0.250 e. The van der Waals surface area contributed by atoms with Crippen LogP contribution < -0.4 is 9.62 Å². The molecule has 1 saturated heterocycles. The molecule has 0 amide bonds. The highest BCUT2D eigenvalue weighted by molar-refractivity contribution is 7.91. The number of benzene rings is 1. The lowest BCUT2D eigenvalue weighted by Crippen LogP contribution is -2.45. The molecule has 1 N–H and O–H groups in total. The van der Waals surface area contributed by atoms with Crippen LogP contribution >= 0.6 is 11.3 Å². The van der Waals surface area contributed by atoms with Gasteiger partial charge in [0.05, 0.1) is 11.9 Å². The van der Waals surface area contributed by atoms with Crippen molar-refractivity contribution in [2.45, 2.75) is 36.4 Å². The average Bonchev–Trinajstić information content (AvgIpc) is 3.56. The van der Waals surface area contributed by atoms with Gasteiger partial charge in [0.25, 0.3) is 0 Å². The normalized spacial score (nSPS) is 16.6. The minimum absolute atomic E-state index is 0.0976. The molecule has 1 aromatic carbocycles. The quantitative estimate of drug-likeness (QED) is 0.443. The summed E-state index contributed by atoms with van der Waals surface area (Å²) in [5.41, 5.74) is 5.50. The number of allylic oxidation sites excluding steroid dienone is 1. The second kappa shape index (κ2) is 8.54. The lowest BCUT2D eigenvalue weighted by atomic mass is 10.1. The van der Waals surface area contributed by atoms with Crippen molar-refractivity contribution in [3.05, 3.63) is 65.4 Å². The van der Waals surface area contributed by atoms with Crippen molar-refractivity contribution in [2.24, 2.45) is 7.05 Å². The molecule has 6 rings (SSSR count). The van der Waals surface area contributed by atoms with Gasteiger partial charge in [-0.05, 0) is 48.9 Å². The number of aromatic nitrogens is 4. The number of rotatable bonds is 5. The molecule has 1 aliphatic carbocycles. The number of fused-ring (bicyclic) bond motifs is 2. The highest BCUT2D eigenvalue weighted by Crippen LogP contribution is 2.36. The van der Waals surface area contributed by atoms with Crippen molar-refractivity contribution in [1.29, 1.82) is 0 Å². The molecule has 0 saturated carbocycles. The minimum atomic E-state index is -3.56. The zero-order valence-corrected chi connectivity index (χ0v) is 21.2. The van der Waals surface area contributed by atoms with E-state index in [-0.39, 0.29) is 6.04 Å². The standard InChI is InChI=1S/C25H26N6O2S2/c1-16-3-4-23-18(9-16)12-24(34-23)35(32,33)29-20-5-7-31(8-6-20)25-21-10-17(11-22(21)26-15-27-25)19-13-28-30(2)14-19/h3-4,9-10,12-15,20,29H,5-8,11H2,1-2H3. The lowest BCUT2D eigenvalue weighted by Gasteiger charge is -2.33. The largest absolute Gasteiger partial charge is 0.356 e. The van der Waals surface area contributed by atoms with Crippen molar-refractivity contribution in [1.82, 2.24) is 24.5 Å². The van der Waals surface area contributed by atoms with Crippen LogP contribution in [0.15, 0.2) is 47.2 Å². The Morgan fingerprint density at radius 3 is 2.74 bits per heavy atom. The molecule has 4 aromatic rings. The summed E-state index contributed by atoms with van der Waals surface area (Å²) >= 11 is 1.32. The van der Waals surface area contributed by atoms with Gasteiger partial charge in [-0.3, -0.25) is 4.68 Å². The summed E-state index contributed by atoms with van der Waals surface area (Å²) in [6.07, 6.45) is 9.90. The number of aryl methyl sites for hydroxylation is 2. The molecule has 0 atom stereocenters. The van der Waals surface area contributed by atoms with Crippen molar-refractivity contribution in [3.63, 3.8) is 0 Å². The number of hydrogen-bond donors (Lipinski definition) is 1. The zero-order valence-electron chi connectivity index (χ0n) is 19.6. The van der Waals surface area contributed by atoms with E-state index in [1.807, 2.05) is 44.6 Å².